The summed E-state index contributed by atoms with van der Waals surface area (Å²) in [6.07, 6.45) is 0. The van der Waals surface area contributed by atoms with Gasteiger partial charge in [0.05, 0.1) is 4.90 Å². The van der Waals surface area contributed by atoms with Crippen molar-refractivity contribution in [3.05, 3.63) is 29.8 Å². The van der Waals surface area contributed by atoms with Gasteiger partial charge in [-0.2, -0.15) is 4.31 Å². The van der Waals surface area contributed by atoms with Gasteiger partial charge in [-0.15, -0.1) is 0 Å². The van der Waals surface area contributed by atoms with Crippen LogP contribution in [-0.4, -0.2) is 62.7 Å². The van der Waals surface area contributed by atoms with Crippen LogP contribution in [0.2, 0.25) is 0 Å². The number of nitrogens with one attached hydrogen (secondary N) is 1. The molecule has 0 spiro atoms. The van der Waals surface area contributed by atoms with E-state index >= 15 is 0 Å². The molecule has 1 heterocycles. The van der Waals surface area contributed by atoms with Crippen molar-refractivity contribution in [3.63, 3.8) is 0 Å². The monoisotopic (exact) mass is 325 g/mol. The molecule has 1 aromatic rings. The van der Waals surface area contributed by atoms with E-state index in [9.17, 15) is 18.0 Å². The maximum Gasteiger partial charge on any atom is 0.317 e. The average molecular weight is 325 g/mol. The number of ketones is 1. The predicted octanol–water partition coefficient (Wildman–Crippen LogP) is 0.535. The lowest BCUT2D eigenvalue weighted by atomic mass is 10.2. The van der Waals surface area contributed by atoms with Gasteiger partial charge in [0.1, 0.15) is 0 Å². The molecule has 0 aromatic heterocycles. The highest BCUT2D eigenvalue weighted by Crippen LogP contribution is 2.19. The van der Waals surface area contributed by atoms with Crippen LogP contribution in [0.4, 0.5) is 4.79 Å². The van der Waals surface area contributed by atoms with E-state index in [-0.39, 0.29) is 29.8 Å². The molecule has 0 atom stereocenters. The first kappa shape index (κ1) is 16.4. The summed E-state index contributed by atoms with van der Waals surface area (Å²) >= 11 is 0. The van der Waals surface area contributed by atoms with Crippen LogP contribution in [0.1, 0.15) is 17.3 Å². The van der Waals surface area contributed by atoms with Crippen molar-refractivity contribution < 1.29 is 18.0 Å². The Kier molecular flexibility index (Phi) is 4.82. The number of benzene rings is 1. The number of hydrogen-bond acceptors (Lipinski definition) is 4. The summed E-state index contributed by atoms with van der Waals surface area (Å²) in [6, 6.07) is 5.81. The molecule has 1 saturated heterocycles. The van der Waals surface area contributed by atoms with Crippen LogP contribution < -0.4 is 5.32 Å². The SMILES string of the molecule is CNC(=O)N1CCN(S(=O)(=O)c2cccc(C(C)=O)c2)CC1. The van der Waals surface area contributed by atoms with E-state index in [0.717, 1.165) is 0 Å². The van der Waals surface area contributed by atoms with E-state index in [2.05, 4.69) is 5.32 Å². The largest absolute Gasteiger partial charge is 0.341 e. The molecule has 1 N–H and O–H groups in total. The summed E-state index contributed by atoms with van der Waals surface area (Å²) < 4.78 is 26.5. The number of nitrogens with zero attached hydrogens (tertiary/aromatic N) is 2. The summed E-state index contributed by atoms with van der Waals surface area (Å²) in [5.74, 6) is -0.179. The van der Waals surface area contributed by atoms with Gasteiger partial charge in [0, 0.05) is 38.8 Å². The Hall–Kier alpha value is -1.93. The zero-order chi connectivity index (χ0) is 16.3. The summed E-state index contributed by atoms with van der Waals surface area (Å²) in [4.78, 5) is 24.6. The van der Waals surface area contributed by atoms with Crippen LogP contribution in [0.5, 0.6) is 0 Å². The number of rotatable bonds is 3. The molecular formula is C14H19N3O4S. The lowest BCUT2D eigenvalue weighted by molar-refractivity contribution is 0.101. The van der Waals surface area contributed by atoms with Gasteiger partial charge in [-0.3, -0.25) is 4.79 Å². The van der Waals surface area contributed by atoms with Gasteiger partial charge >= 0.3 is 6.03 Å². The number of carbonyl (C=O) groups excluding carboxylic acids is 2. The lowest BCUT2D eigenvalue weighted by Crippen LogP contribution is -2.52. The molecule has 0 unspecified atom stereocenters. The zero-order valence-electron chi connectivity index (χ0n) is 12.6. The topological polar surface area (TPSA) is 86.8 Å². The number of urea groups is 1. The summed E-state index contributed by atoms with van der Waals surface area (Å²) in [6.45, 7) is 2.55. The van der Waals surface area contributed by atoms with Crippen LogP contribution in [0.25, 0.3) is 0 Å². The van der Waals surface area contributed by atoms with E-state index in [1.807, 2.05) is 0 Å². The Morgan fingerprint density at radius 2 is 1.77 bits per heavy atom. The molecule has 1 fully saturated rings. The predicted molar refractivity (Wildman–Crippen MR) is 81.2 cm³/mol. The Morgan fingerprint density at radius 3 is 2.32 bits per heavy atom. The highest BCUT2D eigenvalue weighted by molar-refractivity contribution is 7.89. The first-order valence-electron chi connectivity index (χ1n) is 6.94. The van der Waals surface area contributed by atoms with E-state index in [1.54, 1.807) is 24.1 Å². The highest BCUT2D eigenvalue weighted by Gasteiger charge is 2.30. The van der Waals surface area contributed by atoms with Gasteiger partial charge in [0.15, 0.2) is 5.78 Å². The van der Waals surface area contributed by atoms with Crippen LogP contribution in [-0.2, 0) is 10.0 Å². The maximum absolute atomic E-state index is 12.6. The molecular weight excluding hydrogens is 306 g/mol. The van der Waals surface area contributed by atoms with Gasteiger partial charge in [-0.05, 0) is 19.1 Å². The molecule has 2 rings (SSSR count). The van der Waals surface area contributed by atoms with Crippen LogP contribution >= 0.6 is 0 Å². The molecule has 22 heavy (non-hydrogen) atoms. The lowest BCUT2D eigenvalue weighted by Gasteiger charge is -2.33. The minimum Gasteiger partial charge on any atom is -0.341 e. The quantitative estimate of drug-likeness (QED) is 0.822. The molecule has 2 amide bonds. The number of carbonyl (C=O) groups is 2. The molecule has 1 aliphatic heterocycles. The molecule has 1 aromatic carbocycles. The van der Waals surface area contributed by atoms with Crippen molar-refractivity contribution in [3.8, 4) is 0 Å². The standard InChI is InChI=1S/C14H19N3O4S/c1-11(18)12-4-3-5-13(10-12)22(20,21)17-8-6-16(7-9-17)14(19)15-2/h3-5,10H,6-9H2,1-2H3,(H,15,19). The van der Waals surface area contributed by atoms with Crippen molar-refractivity contribution in [2.45, 2.75) is 11.8 Å². The Morgan fingerprint density at radius 1 is 1.14 bits per heavy atom. The fourth-order valence-electron chi connectivity index (χ4n) is 2.31. The minimum atomic E-state index is -3.65. The third-order valence-electron chi connectivity index (χ3n) is 3.62. The molecule has 7 nitrogen and oxygen atoms in total. The third kappa shape index (κ3) is 3.28. The molecule has 0 aliphatic carbocycles. The third-order valence-corrected chi connectivity index (χ3v) is 5.51. The number of piperazine rings is 1. The smallest absolute Gasteiger partial charge is 0.317 e. The van der Waals surface area contributed by atoms with E-state index in [0.29, 0.717) is 18.7 Å². The highest BCUT2D eigenvalue weighted by atomic mass is 32.2. The van der Waals surface area contributed by atoms with Crippen molar-refractivity contribution in [1.82, 2.24) is 14.5 Å². The molecule has 0 radical (unpaired) electrons. The molecule has 120 valence electrons. The Balaban J connectivity index is 2.17. The van der Waals surface area contributed by atoms with Gasteiger partial charge < -0.3 is 10.2 Å². The van der Waals surface area contributed by atoms with Crippen molar-refractivity contribution >= 4 is 21.8 Å². The number of amides is 2. The van der Waals surface area contributed by atoms with Gasteiger partial charge in [0.25, 0.3) is 0 Å². The van der Waals surface area contributed by atoms with E-state index < -0.39 is 10.0 Å². The fourth-order valence-corrected chi connectivity index (χ4v) is 3.78. The number of hydrogen-bond donors (Lipinski definition) is 1. The summed E-state index contributed by atoms with van der Waals surface area (Å²) in [5, 5.41) is 2.52. The average Bonchev–Trinajstić information content (AvgIpc) is 2.54. The first-order chi connectivity index (χ1) is 10.4. The fraction of sp³-hybridized carbons (Fsp3) is 0.429. The van der Waals surface area contributed by atoms with Crippen molar-refractivity contribution in [2.24, 2.45) is 0 Å². The van der Waals surface area contributed by atoms with Crippen LogP contribution in [0.3, 0.4) is 0 Å². The first-order valence-corrected chi connectivity index (χ1v) is 8.38. The van der Waals surface area contributed by atoms with Crippen molar-refractivity contribution in [1.29, 1.82) is 0 Å². The van der Waals surface area contributed by atoms with Gasteiger partial charge in [-0.25, -0.2) is 13.2 Å². The van der Waals surface area contributed by atoms with Gasteiger partial charge in [-0.1, -0.05) is 12.1 Å². The van der Waals surface area contributed by atoms with Crippen LogP contribution in [0.15, 0.2) is 29.2 Å². The summed E-state index contributed by atoms with van der Waals surface area (Å²) in [7, 11) is -2.11. The number of sulfonamides is 1. The molecule has 8 heteroatoms. The van der Waals surface area contributed by atoms with Gasteiger partial charge in [0.2, 0.25) is 10.0 Å². The molecule has 0 bridgehead atoms. The normalized spacial score (nSPS) is 16.4. The molecule has 0 saturated carbocycles. The maximum atomic E-state index is 12.6. The Bertz CT molecular complexity index is 679. The minimum absolute atomic E-state index is 0.105. The summed E-state index contributed by atoms with van der Waals surface area (Å²) in [5.41, 5.74) is 0.366. The zero-order valence-corrected chi connectivity index (χ0v) is 13.4. The number of Topliss-reactive ketones (excluding diaryl/α,β-unsaturated/α-hetero) is 1. The van der Waals surface area contributed by atoms with Crippen molar-refractivity contribution in [2.75, 3.05) is 33.2 Å². The Labute approximate surface area is 129 Å². The second-order valence-electron chi connectivity index (χ2n) is 5.03. The van der Waals surface area contributed by atoms with E-state index in [1.165, 1.54) is 23.4 Å². The molecule has 1 aliphatic rings. The van der Waals surface area contributed by atoms with E-state index in [4.69, 9.17) is 0 Å². The second-order valence-corrected chi connectivity index (χ2v) is 6.97. The second kappa shape index (κ2) is 6.45. The van der Waals surface area contributed by atoms with Crippen LogP contribution in [0, 0.1) is 0 Å².